The van der Waals surface area contributed by atoms with Crippen molar-refractivity contribution in [3.8, 4) is 0 Å². The van der Waals surface area contributed by atoms with Gasteiger partial charge in [-0.1, -0.05) is 13.8 Å². The molecule has 0 spiro atoms. The summed E-state index contributed by atoms with van der Waals surface area (Å²) in [5.74, 6) is -2.77. The lowest BCUT2D eigenvalue weighted by molar-refractivity contribution is -0.132. The minimum Gasteiger partial charge on any atom is -0.333 e. The molecule has 0 aromatic carbocycles. The molecule has 0 radical (unpaired) electrons. The van der Waals surface area contributed by atoms with Gasteiger partial charge in [0.25, 0.3) is 5.92 Å². The summed E-state index contributed by atoms with van der Waals surface area (Å²) in [7, 11) is 0. The van der Waals surface area contributed by atoms with Gasteiger partial charge in [-0.15, -0.1) is 0 Å². The number of nitrogens with zero attached hydrogens (tertiary/aromatic N) is 1. The molecule has 4 heteroatoms. The highest BCUT2D eigenvalue weighted by molar-refractivity contribution is 5.82. The van der Waals surface area contributed by atoms with Crippen LogP contribution in [0.1, 0.15) is 20.3 Å². The van der Waals surface area contributed by atoms with Gasteiger partial charge in [0.05, 0.1) is 6.54 Å². The van der Waals surface area contributed by atoms with E-state index in [0.29, 0.717) is 0 Å². The fourth-order valence-electron chi connectivity index (χ4n) is 2.38. The number of hydrogen-bond donors (Lipinski definition) is 0. The SMILES string of the molecule is CC1C(=O)N2CC(F)(F)C[C@H]2C1C. The Morgan fingerprint density at radius 1 is 1.46 bits per heavy atom. The average Bonchev–Trinajstić information content (AvgIpc) is 2.44. The fraction of sp³-hybridized carbons (Fsp3) is 0.889. The van der Waals surface area contributed by atoms with Gasteiger partial charge in [-0.3, -0.25) is 4.79 Å². The largest absolute Gasteiger partial charge is 0.333 e. The Morgan fingerprint density at radius 3 is 2.62 bits per heavy atom. The second kappa shape index (κ2) is 2.42. The highest BCUT2D eigenvalue weighted by Crippen LogP contribution is 2.43. The van der Waals surface area contributed by atoms with Crippen LogP contribution in [0.2, 0.25) is 0 Å². The van der Waals surface area contributed by atoms with E-state index in [2.05, 4.69) is 0 Å². The first-order valence-corrected chi connectivity index (χ1v) is 4.61. The molecule has 2 saturated heterocycles. The maximum Gasteiger partial charge on any atom is 0.267 e. The fourth-order valence-corrected chi connectivity index (χ4v) is 2.38. The number of fused-ring (bicyclic) bond motifs is 1. The molecule has 0 N–H and O–H groups in total. The molecular formula is C9H13F2NO. The Bertz CT molecular complexity index is 254. The van der Waals surface area contributed by atoms with Crippen LogP contribution < -0.4 is 0 Å². The van der Waals surface area contributed by atoms with Crippen molar-refractivity contribution in [3.05, 3.63) is 0 Å². The van der Waals surface area contributed by atoms with Gasteiger partial charge in [-0.05, 0) is 5.92 Å². The average molecular weight is 189 g/mol. The van der Waals surface area contributed by atoms with Crippen LogP contribution in [0.4, 0.5) is 8.78 Å². The molecular weight excluding hydrogens is 176 g/mol. The summed E-state index contributed by atoms with van der Waals surface area (Å²) < 4.78 is 25.9. The Hall–Kier alpha value is -0.670. The minimum absolute atomic E-state index is 0.0703. The van der Waals surface area contributed by atoms with Crippen molar-refractivity contribution in [1.82, 2.24) is 4.90 Å². The monoisotopic (exact) mass is 189 g/mol. The van der Waals surface area contributed by atoms with Crippen molar-refractivity contribution in [2.24, 2.45) is 11.8 Å². The molecule has 2 aliphatic rings. The molecule has 0 aromatic rings. The molecule has 0 aliphatic carbocycles. The summed E-state index contributed by atoms with van der Waals surface area (Å²) in [5.41, 5.74) is 0. The van der Waals surface area contributed by atoms with Crippen molar-refractivity contribution >= 4 is 5.91 Å². The number of halogens is 2. The maximum atomic E-state index is 12.9. The smallest absolute Gasteiger partial charge is 0.267 e. The van der Waals surface area contributed by atoms with E-state index in [1.165, 1.54) is 4.90 Å². The Morgan fingerprint density at radius 2 is 2.08 bits per heavy atom. The zero-order valence-corrected chi connectivity index (χ0v) is 7.76. The van der Waals surface area contributed by atoms with E-state index in [0.717, 1.165) is 0 Å². The highest BCUT2D eigenvalue weighted by atomic mass is 19.3. The van der Waals surface area contributed by atoms with Gasteiger partial charge >= 0.3 is 0 Å². The van der Waals surface area contributed by atoms with Crippen LogP contribution in [-0.2, 0) is 4.79 Å². The molecule has 2 aliphatic heterocycles. The van der Waals surface area contributed by atoms with Crippen LogP contribution in [0.3, 0.4) is 0 Å². The molecule has 74 valence electrons. The van der Waals surface area contributed by atoms with Crippen LogP contribution in [0.25, 0.3) is 0 Å². The van der Waals surface area contributed by atoms with Crippen LogP contribution in [0, 0.1) is 11.8 Å². The number of rotatable bonds is 0. The van der Waals surface area contributed by atoms with Gasteiger partial charge in [-0.2, -0.15) is 0 Å². The van der Waals surface area contributed by atoms with Gasteiger partial charge in [0.2, 0.25) is 5.91 Å². The van der Waals surface area contributed by atoms with Crippen molar-refractivity contribution in [2.75, 3.05) is 6.54 Å². The highest BCUT2D eigenvalue weighted by Gasteiger charge is 2.55. The summed E-state index contributed by atoms with van der Waals surface area (Å²) in [6.07, 6.45) is -0.149. The van der Waals surface area contributed by atoms with Crippen LogP contribution in [-0.4, -0.2) is 29.3 Å². The van der Waals surface area contributed by atoms with Gasteiger partial charge in [0, 0.05) is 18.4 Å². The summed E-state index contributed by atoms with van der Waals surface area (Å²) in [6, 6.07) is -0.225. The summed E-state index contributed by atoms with van der Waals surface area (Å²) >= 11 is 0. The number of carbonyl (C=O) groups excluding carboxylic acids is 1. The van der Waals surface area contributed by atoms with E-state index in [9.17, 15) is 13.6 Å². The van der Waals surface area contributed by atoms with E-state index < -0.39 is 5.92 Å². The molecule has 2 unspecified atom stereocenters. The molecule has 1 amide bonds. The third-order valence-corrected chi connectivity index (χ3v) is 3.38. The normalized spacial score (nSPS) is 42.6. The lowest BCUT2D eigenvalue weighted by Gasteiger charge is -2.15. The van der Waals surface area contributed by atoms with E-state index in [1.54, 1.807) is 0 Å². The second-order valence-electron chi connectivity index (χ2n) is 4.24. The van der Waals surface area contributed by atoms with Crippen molar-refractivity contribution in [2.45, 2.75) is 32.2 Å². The molecule has 0 saturated carbocycles. The third kappa shape index (κ3) is 1.15. The quantitative estimate of drug-likeness (QED) is 0.565. The molecule has 0 aromatic heterocycles. The Labute approximate surface area is 75.9 Å². The first kappa shape index (κ1) is 8.91. The van der Waals surface area contributed by atoms with Gasteiger partial charge in [0.15, 0.2) is 0 Å². The van der Waals surface area contributed by atoms with Crippen molar-refractivity contribution in [1.29, 1.82) is 0 Å². The molecule has 2 nitrogen and oxygen atoms in total. The summed E-state index contributed by atoms with van der Waals surface area (Å²) in [5, 5.41) is 0. The zero-order valence-electron chi connectivity index (χ0n) is 7.76. The number of hydrogen-bond acceptors (Lipinski definition) is 1. The van der Waals surface area contributed by atoms with E-state index in [-0.39, 0.29) is 36.8 Å². The number of amides is 1. The predicted octanol–water partition coefficient (Wildman–Crippen LogP) is 1.51. The molecule has 2 rings (SSSR count). The summed E-state index contributed by atoms with van der Waals surface area (Å²) in [6.45, 7) is 3.34. The topological polar surface area (TPSA) is 20.3 Å². The lowest BCUT2D eigenvalue weighted by Crippen LogP contribution is -2.31. The molecule has 13 heavy (non-hydrogen) atoms. The standard InChI is InChI=1S/C9H13F2NO/c1-5-6(2)8(13)12-4-9(10,11)3-7(5)12/h5-7H,3-4H2,1-2H3/t5?,6?,7-/m0/s1. The second-order valence-corrected chi connectivity index (χ2v) is 4.24. The molecule has 0 bridgehead atoms. The third-order valence-electron chi connectivity index (χ3n) is 3.38. The first-order chi connectivity index (χ1) is 5.92. The first-order valence-electron chi connectivity index (χ1n) is 4.61. The molecule has 2 fully saturated rings. The van der Waals surface area contributed by atoms with Gasteiger partial charge in [0.1, 0.15) is 0 Å². The van der Waals surface area contributed by atoms with Crippen molar-refractivity contribution in [3.63, 3.8) is 0 Å². The lowest BCUT2D eigenvalue weighted by atomic mass is 9.91. The van der Waals surface area contributed by atoms with Crippen LogP contribution >= 0.6 is 0 Å². The van der Waals surface area contributed by atoms with Gasteiger partial charge in [-0.25, -0.2) is 8.78 Å². The van der Waals surface area contributed by atoms with Crippen molar-refractivity contribution < 1.29 is 13.6 Å². The van der Waals surface area contributed by atoms with Crippen LogP contribution in [0.5, 0.6) is 0 Å². The number of alkyl halides is 2. The Kier molecular flexibility index (Phi) is 1.66. The van der Waals surface area contributed by atoms with E-state index in [1.807, 2.05) is 13.8 Å². The molecule has 2 heterocycles. The van der Waals surface area contributed by atoms with E-state index in [4.69, 9.17) is 0 Å². The van der Waals surface area contributed by atoms with Crippen LogP contribution in [0.15, 0.2) is 0 Å². The van der Waals surface area contributed by atoms with E-state index >= 15 is 0 Å². The maximum absolute atomic E-state index is 12.9. The van der Waals surface area contributed by atoms with Gasteiger partial charge < -0.3 is 4.90 Å². The molecule has 3 atom stereocenters. The zero-order chi connectivity index (χ0) is 9.80. The number of carbonyl (C=O) groups is 1. The predicted molar refractivity (Wildman–Crippen MR) is 43.4 cm³/mol. The Balaban J connectivity index is 2.23. The minimum atomic E-state index is -2.66. The summed E-state index contributed by atoms with van der Waals surface area (Å²) in [4.78, 5) is 12.8.